The summed E-state index contributed by atoms with van der Waals surface area (Å²) in [7, 11) is 0. The van der Waals surface area contributed by atoms with Crippen molar-refractivity contribution in [3.8, 4) is 0 Å². The molecule has 1 heterocycles. The number of hydrogen-bond acceptors (Lipinski definition) is 2. The summed E-state index contributed by atoms with van der Waals surface area (Å²) in [5.74, 6) is -0.220. The normalized spacial score (nSPS) is 19.0. The van der Waals surface area contributed by atoms with Crippen LogP contribution in [0.5, 0.6) is 0 Å². The Kier molecular flexibility index (Phi) is 4.46. The van der Waals surface area contributed by atoms with Crippen molar-refractivity contribution in [3.05, 3.63) is 70.2 Å². The molecule has 0 aliphatic carbocycles. The first kappa shape index (κ1) is 15.1. The summed E-state index contributed by atoms with van der Waals surface area (Å²) in [4.78, 5) is 11.9. The zero-order valence-electron chi connectivity index (χ0n) is 12.3. The van der Waals surface area contributed by atoms with Gasteiger partial charge in [-0.2, -0.15) is 0 Å². The molecule has 3 N–H and O–H groups in total. The van der Waals surface area contributed by atoms with Crippen LogP contribution >= 0.6 is 11.6 Å². The molecule has 1 saturated heterocycles. The minimum atomic E-state index is -0.437. The number of benzene rings is 2. The number of carbonyl (C=O) groups is 1. The molecule has 3 rings (SSSR count). The zero-order valence-corrected chi connectivity index (χ0v) is 13.0. The molecule has 1 aliphatic heterocycles. The van der Waals surface area contributed by atoms with Crippen LogP contribution in [0.4, 0.5) is 0 Å². The number of primary amides is 1. The van der Waals surface area contributed by atoms with Crippen molar-refractivity contribution in [2.24, 2.45) is 5.73 Å². The molecule has 2 atom stereocenters. The van der Waals surface area contributed by atoms with Gasteiger partial charge in [-0.25, -0.2) is 0 Å². The lowest BCUT2D eigenvalue weighted by molar-refractivity contribution is -0.118. The van der Waals surface area contributed by atoms with E-state index < -0.39 is 5.92 Å². The fraction of sp³-hybridized carbons (Fsp3) is 0.278. The summed E-state index contributed by atoms with van der Waals surface area (Å²) in [6.07, 6.45) is 1.16. The third-order valence-electron chi connectivity index (χ3n) is 4.29. The number of halogens is 1. The van der Waals surface area contributed by atoms with Crippen LogP contribution in [0.25, 0.3) is 0 Å². The Morgan fingerprint density at radius 1 is 1.09 bits per heavy atom. The monoisotopic (exact) mass is 314 g/mol. The molecule has 0 aromatic heterocycles. The fourth-order valence-electron chi connectivity index (χ4n) is 3.08. The summed E-state index contributed by atoms with van der Waals surface area (Å²) < 4.78 is 0. The van der Waals surface area contributed by atoms with Gasteiger partial charge in [0.2, 0.25) is 5.91 Å². The van der Waals surface area contributed by atoms with Crippen LogP contribution in [-0.4, -0.2) is 19.0 Å². The van der Waals surface area contributed by atoms with E-state index in [-0.39, 0.29) is 5.91 Å². The van der Waals surface area contributed by atoms with Crippen molar-refractivity contribution in [2.45, 2.75) is 18.3 Å². The van der Waals surface area contributed by atoms with Crippen molar-refractivity contribution >= 4 is 17.5 Å². The molecule has 22 heavy (non-hydrogen) atoms. The molecule has 3 nitrogen and oxygen atoms in total. The number of hydrogen-bond donors (Lipinski definition) is 2. The van der Waals surface area contributed by atoms with E-state index in [1.54, 1.807) is 12.1 Å². The number of carbonyl (C=O) groups excluding carboxylic acids is 1. The molecule has 1 amide bonds. The van der Waals surface area contributed by atoms with Gasteiger partial charge >= 0.3 is 0 Å². The van der Waals surface area contributed by atoms with Crippen LogP contribution in [0, 0.1) is 0 Å². The van der Waals surface area contributed by atoms with Crippen LogP contribution in [0.1, 0.15) is 34.9 Å². The first-order chi connectivity index (χ1) is 10.6. The predicted molar refractivity (Wildman–Crippen MR) is 89.2 cm³/mol. The van der Waals surface area contributed by atoms with Crippen molar-refractivity contribution < 1.29 is 4.79 Å². The minimum absolute atomic E-state index is 0.349. The second-order valence-electron chi connectivity index (χ2n) is 5.74. The van der Waals surface area contributed by atoms with Crippen molar-refractivity contribution in [3.63, 3.8) is 0 Å². The molecular formula is C18H19ClN2O. The highest BCUT2D eigenvalue weighted by atomic mass is 35.5. The number of amides is 1. The third-order valence-corrected chi connectivity index (χ3v) is 4.54. The quantitative estimate of drug-likeness (QED) is 0.911. The summed E-state index contributed by atoms with van der Waals surface area (Å²) in [5.41, 5.74) is 8.72. The molecule has 0 saturated carbocycles. The van der Waals surface area contributed by atoms with Crippen LogP contribution in [0.3, 0.4) is 0 Å². The number of nitrogens with one attached hydrogen (secondary N) is 1. The molecule has 0 bridgehead atoms. The molecule has 1 fully saturated rings. The van der Waals surface area contributed by atoms with Crippen molar-refractivity contribution in [1.29, 1.82) is 0 Å². The lowest BCUT2D eigenvalue weighted by Crippen LogP contribution is -2.22. The van der Waals surface area contributed by atoms with Gasteiger partial charge in [-0.05, 0) is 47.7 Å². The molecular weight excluding hydrogens is 296 g/mol. The number of rotatable bonds is 4. The Morgan fingerprint density at radius 3 is 2.18 bits per heavy atom. The molecule has 1 unspecified atom stereocenters. The van der Waals surface area contributed by atoms with Gasteiger partial charge in [0.05, 0.1) is 5.92 Å². The maximum Gasteiger partial charge on any atom is 0.229 e. The highest BCUT2D eigenvalue weighted by molar-refractivity contribution is 6.30. The fourth-order valence-corrected chi connectivity index (χ4v) is 3.20. The molecule has 2 aromatic rings. The van der Waals surface area contributed by atoms with Gasteiger partial charge in [-0.3, -0.25) is 4.79 Å². The van der Waals surface area contributed by atoms with Gasteiger partial charge in [-0.1, -0.05) is 48.0 Å². The van der Waals surface area contributed by atoms with E-state index >= 15 is 0 Å². The Labute approximate surface area is 135 Å². The lowest BCUT2D eigenvalue weighted by atomic mass is 9.88. The van der Waals surface area contributed by atoms with Gasteiger partial charge in [0, 0.05) is 11.6 Å². The van der Waals surface area contributed by atoms with E-state index in [1.165, 1.54) is 5.56 Å². The van der Waals surface area contributed by atoms with E-state index in [0.717, 1.165) is 30.6 Å². The van der Waals surface area contributed by atoms with E-state index in [9.17, 15) is 4.79 Å². The molecule has 4 heteroatoms. The lowest BCUT2D eigenvalue weighted by Gasteiger charge is -2.16. The summed E-state index contributed by atoms with van der Waals surface area (Å²) in [5, 5.41) is 4.02. The standard InChI is InChI=1S/C18H19ClN2O/c19-16-7-5-14(6-8-16)17(18(20)22)13-3-1-12(2-4-13)15-9-10-21-11-15/h1-8,15,17,21H,9-11H2,(H2,20,22)/t15?,17-/m0/s1. The SMILES string of the molecule is NC(=O)[C@H](c1ccc(Cl)cc1)c1ccc(C2CCNC2)cc1. The largest absolute Gasteiger partial charge is 0.369 e. The van der Waals surface area contributed by atoms with Crippen LogP contribution < -0.4 is 11.1 Å². The summed E-state index contributed by atoms with van der Waals surface area (Å²) in [6, 6.07) is 15.5. The topological polar surface area (TPSA) is 55.1 Å². The van der Waals surface area contributed by atoms with E-state index in [0.29, 0.717) is 10.9 Å². The molecule has 2 aromatic carbocycles. The predicted octanol–water partition coefficient (Wildman–Crippen LogP) is 3.03. The second kappa shape index (κ2) is 6.51. The van der Waals surface area contributed by atoms with Crippen molar-refractivity contribution in [1.82, 2.24) is 5.32 Å². The average molecular weight is 315 g/mol. The molecule has 0 radical (unpaired) electrons. The minimum Gasteiger partial charge on any atom is -0.369 e. The summed E-state index contributed by atoms with van der Waals surface area (Å²) in [6.45, 7) is 2.09. The number of nitrogens with two attached hydrogens (primary N) is 1. The van der Waals surface area contributed by atoms with Gasteiger partial charge < -0.3 is 11.1 Å². The Morgan fingerprint density at radius 2 is 1.68 bits per heavy atom. The van der Waals surface area contributed by atoms with Gasteiger partial charge in [-0.15, -0.1) is 0 Å². The highest BCUT2D eigenvalue weighted by Crippen LogP contribution is 2.28. The third kappa shape index (κ3) is 3.16. The van der Waals surface area contributed by atoms with Crippen LogP contribution in [-0.2, 0) is 4.79 Å². The summed E-state index contributed by atoms with van der Waals surface area (Å²) >= 11 is 5.91. The maximum atomic E-state index is 11.9. The van der Waals surface area contributed by atoms with E-state index in [4.69, 9.17) is 17.3 Å². The van der Waals surface area contributed by atoms with Gasteiger partial charge in [0.15, 0.2) is 0 Å². The van der Waals surface area contributed by atoms with E-state index in [1.807, 2.05) is 24.3 Å². The molecule has 1 aliphatic rings. The Bertz CT molecular complexity index is 646. The van der Waals surface area contributed by atoms with Crippen LogP contribution in [0.2, 0.25) is 5.02 Å². The van der Waals surface area contributed by atoms with Crippen molar-refractivity contribution in [2.75, 3.05) is 13.1 Å². The molecule has 0 spiro atoms. The first-order valence-electron chi connectivity index (χ1n) is 7.50. The highest BCUT2D eigenvalue weighted by Gasteiger charge is 2.21. The Hall–Kier alpha value is -1.84. The van der Waals surface area contributed by atoms with Crippen LogP contribution in [0.15, 0.2) is 48.5 Å². The molecule has 114 valence electrons. The Balaban J connectivity index is 1.88. The zero-order chi connectivity index (χ0) is 15.5. The first-order valence-corrected chi connectivity index (χ1v) is 7.88. The smallest absolute Gasteiger partial charge is 0.229 e. The average Bonchev–Trinajstić information content (AvgIpc) is 3.04. The van der Waals surface area contributed by atoms with E-state index in [2.05, 4.69) is 17.4 Å². The maximum absolute atomic E-state index is 11.9. The van der Waals surface area contributed by atoms with Gasteiger partial charge in [0.1, 0.15) is 0 Å². The second-order valence-corrected chi connectivity index (χ2v) is 6.18. The van der Waals surface area contributed by atoms with Gasteiger partial charge in [0.25, 0.3) is 0 Å².